The highest BCUT2D eigenvalue weighted by atomic mass is 19.4. The summed E-state index contributed by atoms with van der Waals surface area (Å²) >= 11 is 0. The van der Waals surface area contributed by atoms with Crippen LogP contribution in [0.5, 0.6) is 0 Å². The van der Waals surface area contributed by atoms with Crippen LogP contribution in [0.2, 0.25) is 0 Å². The third kappa shape index (κ3) is 4.81. The van der Waals surface area contributed by atoms with Gasteiger partial charge in [-0.25, -0.2) is 0 Å². The Morgan fingerprint density at radius 3 is 1.80 bits per heavy atom. The molecule has 0 amide bonds. The van der Waals surface area contributed by atoms with Crippen LogP contribution in [-0.4, -0.2) is 40.9 Å². The first-order valence-electron chi connectivity index (χ1n) is 14.6. The number of aromatic nitrogens is 3. The molecule has 3 heterocycles. The summed E-state index contributed by atoms with van der Waals surface area (Å²) in [5.41, 5.74) is 2.43. The summed E-state index contributed by atoms with van der Waals surface area (Å²) in [6.07, 6.45) is -1.38. The van der Waals surface area contributed by atoms with E-state index in [0.29, 0.717) is 5.56 Å². The quantitative estimate of drug-likeness (QED) is 0.206. The van der Waals surface area contributed by atoms with Gasteiger partial charge in [0.15, 0.2) is 5.69 Å². The number of fused-ring (bicyclic) bond motifs is 1. The number of nitrogens with one attached hydrogen (secondary N) is 1. The molecular formula is C36H30F3N5. The average Bonchev–Trinajstić information content (AvgIpc) is 3.53. The van der Waals surface area contributed by atoms with Gasteiger partial charge in [-0.3, -0.25) is 9.67 Å². The van der Waals surface area contributed by atoms with Gasteiger partial charge < -0.3 is 10.2 Å². The van der Waals surface area contributed by atoms with E-state index in [9.17, 15) is 13.2 Å². The number of nitrogens with zero attached hydrogens (tertiary/aromatic N) is 4. The van der Waals surface area contributed by atoms with Gasteiger partial charge in [0.25, 0.3) is 0 Å². The summed E-state index contributed by atoms with van der Waals surface area (Å²) in [7, 11) is 0. The largest absolute Gasteiger partial charge is 0.435 e. The molecule has 1 aliphatic rings. The minimum atomic E-state index is -4.69. The summed E-state index contributed by atoms with van der Waals surface area (Å²) in [5.74, 6) is 0. The molecule has 0 saturated carbocycles. The first-order chi connectivity index (χ1) is 21.5. The van der Waals surface area contributed by atoms with Crippen LogP contribution in [0, 0.1) is 0 Å². The second-order valence-corrected chi connectivity index (χ2v) is 10.9. The predicted octanol–water partition coefficient (Wildman–Crippen LogP) is 7.37. The van der Waals surface area contributed by atoms with E-state index in [1.165, 1.54) is 4.68 Å². The van der Waals surface area contributed by atoms with Crippen LogP contribution >= 0.6 is 0 Å². The third-order valence-electron chi connectivity index (χ3n) is 8.39. The summed E-state index contributed by atoms with van der Waals surface area (Å²) in [6.45, 7) is 3.30. The average molecular weight is 590 g/mol. The van der Waals surface area contributed by atoms with Crippen LogP contribution < -0.4 is 10.2 Å². The van der Waals surface area contributed by atoms with Gasteiger partial charge in [0.2, 0.25) is 0 Å². The molecule has 1 N–H and O–H groups in total. The normalized spacial score (nSPS) is 14.2. The SMILES string of the molecule is FC(F)(F)c1nn(C(c2ccccc2)(c2ccccc2)c2ccccc2)cc1-c1ccc2nccc(N3CCNCC3)c2c1. The van der Waals surface area contributed by atoms with E-state index in [1.807, 2.05) is 103 Å². The van der Waals surface area contributed by atoms with Crippen molar-refractivity contribution in [2.24, 2.45) is 0 Å². The molecule has 8 heteroatoms. The number of piperazine rings is 1. The first-order valence-corrected chi connectivity index (χ1v) is 14.6. The summed E-state index contributed by atoms with van der Waals surface area (Å²) in [6, 6.07) is 36.0. The fourth-order valence-corrected chi connectivity index (χ4v) is 6.38. The highest BCUT2D eigenvalue weighted by Crippen LogP contribution is 2.44. The minimum Gasteiger partial charge on any atom is -0.368 e. The molecule has 1 fully saturated rings. The van der Waals surface area contributed by atoms with Crippen molar-refractivity contribution in [3.05, 3.63) is 150 Å². The van der Waals surface area contributed by atoms with Crippen molar-refractivity contribution < 1.29 is 13.2 Å². The van der Waals surface area contributed by atoms with E-state index < -0.39 is 17.4 Å². The highest BCUT2D eigenvalue weighted by molar-refractivity contribution is 5.95. The molecular weight excluding hydrogens is 559 g/mol. The molecule has 0 aliphatic carbocycles. The Morgan fingerprint density at radius 1 is 0.682 bits per heavy atom. The fourth-order valence-electron chi connectivity index (χ4n) is 6.38. The molecule has 220 valence electrons. The molecule has 0 radical (unpaired) electrons. The van der Waals surface area contributed by atoms with Crippen molar-refractivity contribution in [1.29, 1.82) is 0 Å². The van der Waals surface area contributed by atoms with Crippen molar-refractivity contribution in [3.8, 4) is 11.1 Å². The second-order valence-electron chi connectivity index (χ2n) is 10.9. The lowest BCUT2D eigenvalue weighted by atomic mass is 9.77. The first kappa shape index (κ1) is 27.9. The molecule has 5 nitrogen and oxygen atoms in total. The topological polar surface area (TPSA) is 46.0 Å². The lowest BCUT2D eigenvalue weighted by Gasteiger charge is -2.36. The Bertz CT molecular complexity index is 1780. The van der Waals surface area contributed by atoms with Crippen LogP contribution in [0.3, 0.4) is 0 Å². The van der Waals surface area contributed by atoms with Gasteiger partial charge in [-0.05, 0) is 40.5 Å². The van der Waals surface area contributed by atoms with Crippen LogP contribution in [-0.2, 0) is 11.7 Å². The Labute approximate surface area is 253 Å². The van der Waals surface area contributed by atoms with Gasteiger partial charge in [0, 0.05) is 55.2 Å². The van der Waals surface area contributed by atoms with Gasteiger partial charge in [-0.2, -0.15) is 18.3 Å². The number of benzene rings is 4. The van der Waals surface area contributed by atoms with Crippen molar-refractivity contribution >= 4 is 16.6 Å². The smallest absolute Gasteiger partial charge is 0.368 e. The standard InChI is InChI=1S/C36H30F3N5/c37-36(38,39)34-31(26-16-17-32-30(24-26)33(18-19-41-32)43-22-20-40-21-23-43)25-44(42-34)35(27-10-4-1-5-11-27,28-12-6-2-7-13-28)29-14-8-3-9-15-29/h1-19,24-25,40H,20-23H2. The molecule has 6 aromatic rings. The molecule has 1 saturated heterocycles. The number of alkyl halides is 3. The van der Waals surface area contributed by atoms with Crippen LogP contribution in [0.4, 0.5) is 18.9 Å². The van der Waals surface area contributed by atoms with E-state index in [2.05, 4.69) is 20.3 Å². The van der Waals surface area contributed by atoms with Crippen molar-refractivity contribution in [1.82, 2.24) is 20.1 Å². The molecule has 7 rings (SSSR count). The lowest BCUT2D eigenvalue weighted by Crippen LogP contribution is -2.43. The molecule has 0 atom stereocenters. The minimum absolute atomic E-state index is 0.0154. The molecule has 1 aliphatic heterocycles. The molecule has 0 unspecified atom stereocenters. The Morgan fingerprint density at radius 2 is 1.25 bits per heavy atom. The number of halogens is 3. The monoisotopic (exact) mass is 589 g/mol. The van der Waals surface area contributed by atoms with Gasteiger partial charge in [-0.1, -0.05) is 97.1 Å². The zero-order chi connectivity index (χ0) is 30.1. The van der Waals surface area contributed by atoms with Gasteiger partial charge in [0.1, 0.15) is 5.54 Å². The predicted molar refractivity (Wildman–Crippen MR) is 168 cm³/mol. The summed E-state index contributed by atoms with van der Waals surface area (Å²) in [4.78, 5) is 6.77. The van der Waals surface area contributed by atoms with Crippen LogP contribution in [0.1, 0.15) is 22.4 Å². The van der Waals surface area contributed by atoms with Crippen LogP contribution in [0.25, 0.3) is 22.0 Å². The Hall–Kier alpha value is -4.95. The van der Waals surface area contributed by atoms with E-state index in [0.717, 1.165) is 59.5 Å². The number of pyridine rings is 1. The molecule has 2 aromatic heterocycles. The van der Waals surface area contributed by atoms with Crippen LogP contribution in [0.15, 0.2) is 128 Å². The number of rotatable bonds is 6. The zero-order valence-corrected chi connectivity index (χ0v) is 23.9. The Balaban J connectivity index is 1.50. The fraction of sp³-hybridized carbons (Fsp3) is 0.167. The maximum Gasteiger partial charge on any atom is 0.435 e. The van der Waals surface area contributed by atoms with Crippen molar-refractivity contribution in [3.63, 3.8) is 0 Å². The molecule has 44 heavy (non-hydrogen) atoms. The molecule has 4 aromatic carbocycles. The maximum absolute atomic E-state index is 14.9. The molecule has 0 spiro atoms. The van der Waals surface area contributed by atoms with Crippen molar-refractivity contribution in [2.45, 2.75) is 11.7 Å². The van der Waals surface area contributed by atoms with Gasteiger partial charge in [-0.15, -0.1) is 0 Å². The van der Waals surface area contributed by atoms with E-state index in [1.54, 1.807) is 24.5 Å². The third-order valence-corrected chi connectivity index (χ3v) is 8.39. The van der Waals surface area contributed by atoms with Crippen molar-refractivity contribution in [2.75, 3.05) is 31.1 Å². The van der Waals surface area contributed by atoms with Gasteiger partial charge in [0.05, 0.1) is 5.52 Å². The Kier molecular flexibility index (Phi) is 7.14. The summed E-state index contributed by atoms with van der Waals surface area (Å²) in [5, 5.41) is 8.58. The number of hydrogen-bond acceptors (Lipinski definition) is 4. The highest BCUT2D eigenvalue weighted by Gasteiger charge is 2.44. The number of hydrogen-bond donors (Lipinski definition) is 1. The zero-order valence-electron chi connectivity index (χ0n) is 23.9. The molecule has 0 bridgehead atoms. The lowest BCUT2D eigenvalue weighted by molar-refractivity contribution is -0.141. The van der Waals surface area contributed by atoms with Gasteiger partial charge >= 0.3 is 6.18 Å². The summed E-state index contributed by atoms with van der Waals surface area (Å²) < 4.78 is 46.3. The number of anilines is 1. The van der Waals surface area contributed by atoms with E-state index in [4.69, 9.17) is 0 Å². The maximum atomic E-state index is 14.9. The van der Waals surface area contributed by atoms with E-state index >= 15 is 0 Å². The van der Waals surface area contributed by atoms with E-state index in [-0.39, 0.29) is 5.56 Å². The second kappa shape index (κ2) is 11.3.